The largest absolute Gasteiger partial charge is 0.460 e. The highest BCUT2D eigenvalue weighted by atomic mass is 16.6. The van der Waals surface area contributed by atoms with E-state index in [9.17, 15) is 4.79 Å². The molecule has 0 aromatic heterocycles. The summed E-state index contributed by atoms with van der Waals surface area (Å²) in [5.74, 6) is -0.244. The quantitative estimate of drug-likeness (QED) is 0.193. The maximum Gasteiger partial charge on any atom is 0.343 e. The summed E-state index contributed by atoms with van der Waals surface area (Å²) in [5.41, 5.74) is 1.29. The molecule has 0 radical (unpaired) electrons. The number of esters is 1. The van der Waals surface area contributed by atoms with Crippen LogP contribution in [0.5, 0.6) is 0 Å². The van der Waals surface area contributed by atoms with E-state index < -0.39 is 5.60 Å². The minimum Gasteiger partial charge on any atom is -0.460 e. The molecule has 3 nitrogen and oxygen atoms in total. The van der Waals surface area contributed by atoms with Crippen molar-refractivity contribution < 1.29 is 14.3 Å². The predicted octanol–water partition coefficient (Wildman–Crippen LogP) is 8.05. The van der Waals surface area contributed by atoms with Crippen molar-refractivity contribution in [3.05, 3.63) is 54.1 Å². The average Bonchev–Trinajstić information content (AvgIpc) is 2.82. The lowest BCUT2D eigenvalue weighted by atomic mass is 9.89. The Hall–Kier alpha value is -1.87. The lowest BCUT2D eigenvalue weighted by Gasteiger charge is -2.31. The zero-order valence-corrected chi connectivity index (χ0v) is 20.6. The van der Waals surface area contributed by atoms with Crippen molar-refractivity contribution in [3.63, 3.8) is 0 Å². The molecule has 3 heteroatoms. The number of carbonyl (C=O) groups is 1. The molecule has 0 fully saturated rings. The van der Waals surface area contributed by atoms with Gasteiger partial charge >= 0.3 is 5.97 Å². The van der Waals surface area contributed by atoms with Gasteiger partial charge in [0, 0.05) is 13.0 Å². The Balaban J connectivity index is 1.96. The summed E-state index contributed by atoms with van der Waals surface area (Å²) in [4.78, 5) is 13.2. The zero-order valence-electron chi connectivity index (χ0n) is 20.6. The fourth-order valence-corrected chi connectivity index (χ4v) is 4.12. The number of rotatable bonds is 16. The fourth-order valence-electron chi connectivity index (χ4n) is 4.12. The Kier molecular flexibility index (Phi) is 12.4. The average molecular weight is 441 g/mol. The van der Waals surface area contributed by atoms with Gasteiger partial charge in [0.2, 0.25) is 0 Å². The third-order valence-electron chi connectivity index (χ3n) is 6.24. The number of carbonyl (C=O) groups excluding carboxylic acids is 1. The van der Waals surface area contributed by atoms with Crippen LogP contribution in [0.25, 0.3) is 5.57 Å². The van der Waals surface area contributed by atoms with Crippen LogP contribution in [0.15, 0.2) is 48.6 Å². The topological polar surface area (TPSA) is 35.5 Å². The number of hydrogen-bond acceptors (Lipinski definition) is 3. The third kappa shape index (κ3) is 8.94. The van der Waals surface area contributed by atoms with Gasteiger partial charge in [-0.15, -0.1) is 0 Å². The van der Waals surface area contributed by atoms with E-state index in [1.165, 1.54) is 44.9 Å². The Bertz CT molecular complexity index is 706. The van der Waals surface area contributed by atoms with Gasteiger partial charge in [-0.05, 0) is 43.4 Å². The van der Waals surface area contributed by atoms with Crippen LogP contribution in [0, 0.1) is 0 Å². The molecule has 0 amide bonds. The van der Waals surface area contributed by atoms with Crippen molar-refractivity contribution in [2.75, 3.05) is 6.61 Å². The second-order valence-corrected chi connectivity index (χ2v) is 9.13. The van der Waals surface area contributed by atoms with Crippen molar-refractivity contribution in [2.45, 2.75) is 110 Å². The minimum atomic E-state index is -1.00. The number of hydrogen-bond donors (Lipinski definition) is 0. The highest BCUT2D eigenvalue weighted by Crippen LogP contribution is 2.31. The normalized spacial score (nSPS) is 18.9. The highest BCUT2D eigenvalue weighted by Gasteiger charge is 2.40. The van der Waals surface area contributed by atoms with Crippen LogP contribution in [0.2, 0.25) is 0 Å². The molecular formula is C29H44O3. The first-order chi connectivity index (χ1) is 15.6. The summed E-state index contributed by atoms with van der Waals surface area (Å²) in [6, 6.07) is 10.3. The van der Waals surface area contributed by atoms with E-state index in [4.69, 9.17) is 9.47 Å². The summed E-state index contributed by atoms with van der Waals surface area (Å²) in [6.07, 6.45) is 19.3. The Morgan fingerprint density at radius 3 is 2.25 bits per heavy atom. The molecule has 1 aromatic rings. The molecule has 0 heterocycles. The van der Waals surface area contributed by atoms with Gasteiger partial charge in [-0.1, -0.05) is 108 Å². The Morgan fingerprint density at radius 2 is 1.59 bits per heavy atom. The van der Waals surface area contributed by atoms with E-state index in [2.05, 4.69) is 32.1 Å². The molecule has 1 aromatic carbocycles. The van der Waals surface area contributed by atoms with E-state index in [1.807, 2.05) is 37.3 Å². The third-order valence-corrected chi connectivity index (χ3v) is 6.24. The highest BCUT2D eigenvalue weighted by molar-refractivity contribution is 5.86. The van der Waals surface area contributed by atoms with Crippen LogP contribution in [-0.2, 0) is 14.3 Å². The lowest BCUT2D eigenvalue weighted by Crippen LogP contribution is -2.43. The van der Waals surface area contributed by atoms with E-state index in [0.29, 0.717) is 13.0 Å². The SMILES string of the molecule is CCCCCCCCOC1(C(=O)O[C@H](C)CCCCCC)C=CC(c2ccccc2)=CC1. The number of ether oxygens (including phenoxy) is 2. The van der Waals surface area contributed by atoms with Gasteiger partial charge in [0.15, 0.2) is 5.60 Å². The molecule has 1 aliphatic carbocycles. The van der Waals surface area contributed by atoms with Gasteiger partial charge in [0.05, 0.1) is 6.10 Å². The van der Waals surface area contributed by atoms with Crippen LogP contribution in [0.1, 0.15) is 103 Å². The van der Waals surface area contributed by atoms with Crippen molar-refractivity contribution in [2.24, 2.45) is 0 Å². The van der Waals surface area contributed by atoms with Crippen LogP contribution < -0.4 is 0 Å². The van der Waals surface area contributed by atoms with Gasteiger partial charge < -0.3 is 9.47 Å². The van der Waals surface area contributed by atoms with E-state index in [-0.39, 0.29) is 12.1 Å². The molecule has 1 aliphatic rings. The van der Waals surface area contributed by atoms with Gasteiger partial charge in [-0.2, -0.15) is 0 Å². The maximum atomic E-state index is 13.2. The van der Waals surface area contributed by atoms with E-state index in [1.54, 1.807) is 0 Å². The molecule has 178 valence electrons. The number of unbranched alkanes of at least 4 members (excludes halogenated alkanes) is 8. The molecular weight excluding hydrogens is 396 g/mol. The first kappa shape index (κ1) is 26.4. The molecule has 2 rings (SSSR count). The minimum absolute atomic E-state index is 0.0817. The molecule has 0 saturated heterocycles. The Morgan fingerprint density at radius 1 is 0.938 bits per heavy atom. The fraction of sp³-hybridized carbons (Fsp3) is 0.621. The smallest absolute Gasteiger partial charge is 0.343 e. The monoisotopic (exact) mass is 440 g/mol. The standard InChI is InChI=1S/C29H44O3/c1-4-6-8-10-11-16-24-31-29(28(30)32-25(3)17-13-9-7-5-2)22-20-27(21-23-29)26-18-14-12-15-19-26/h12,14-15,18-22,25H,4-11,13,16-17,23-24H2,1-3H3/t25-,29?/m1/s1. The summed E-state index contributed by atoms with van der Waals surface area (Å²) in [6.45, 7) is 7.03. The molecule has 0 bridgehead atoms. The van der Waals surface area contributed by atoms with Gasteiger partial charge in [0.1, 0.15) is 0 Å². The van der Waals surface area contributed by atoms with Gasteiger partial charge in [-0.3, -0.25) is 0 Å². The first-order valence-corrected chi connectivity index (χ1v) is 12.9. The summed E-state index contributed by atoms with van der Waals surface area (Å²) >= 11 is 0. The second kappa shape index (κ2) is 15.1. The van der Waals surface area contributed by atoms with Crippen LogP contribution in [0.3, 0.4) is 0 Å². The Labute approximate surface area is 196 Å². The lowest BCUT2D eigenvalue weighted by molar-refractivity contribution is -0.171. The van der Waals surface area contributed by atoms with Crippen molar-refractivity contribution >= 4 is 11.5 Å². The molecule has 1 unspecified atom stereocenters. The molecule has 32 heavy (non-hydrogen) atoms. The maximum absolute atomic E-state index is 13.2. The predicted molar refractivity (Wildman–Crippen MR) is 135 cm³/mol. The molecule has 0 aliphatic heterocycles. The van der Waals surface area contributed by atoms with Crippen LogP contribution >= 0.6 is 0 Å². The first-order valence-electron chi connectivity index (χ1n) is 12.9. The molecule has 2 atom stereocenters. The van der Waals surface area contributed by atoms with Crippen molar-refractivity contribution in [3.8, 4) is 0 Å². The van der Waals surface area contributed by atoms with Crippen molar-refractivity contribution in [1.82, 2.24) is 0 Å². The molecule has 0 spiro atoms. The van der Waals surface area contributed by atoms with E-state index >= 15 is 0 Å². The number of benzene rings is 1. The number of allylic oxidation sites excluding steroid dienone is 2. The molecule has 0 saturated carbocycles. The van der Waals surface area contributed by atoms with E-state index in [0.717, 1.165) is 36.8 Å². The summed E-state index contributed by atoms with van der Waals surface area (Å²) in [7, 11) is 0. The van der Waals surface area contributed by atoms with Gasteiger partial charge in [0.25, 0.3) is 0 Å². The van der Waals surface area contributed by atoms with Crippen molar-refractivity contribution in [1.29, 1.82) is 0 Å². The molecule has 0 N–H and O–H groups in total. The zero-order chi connectivity index (χ0) is 23.1. The van der Waals surface area contributed by atoms with Gasteiger partial charge in [-0.25, -0.2) is 4.79 Å². The summed E-state index contributed by atoms with van der Waals surface area (Å²) < 4.78 is 12.1. The second-order valence-electron chi connectivity index (χ2n) is 9.13. The van der Waals surface area contributed by atoms with Crippen LogP contribution in [-0.4, -0.2) is 24.3 Å². The van der Waals surface area contributed by atoms with Crippen LogP contribution in [0.4, 0.5) is 0 Å². The summed E-state index contributed by atoms with van der Waals surface area (Å²) in [5, 5.41) is 0.